The zero-order valence-electron chi connectivity index (χ0n) is 19.7. The molecule has 4 rings (SSSR count). The number of anilines is 1. The van der Waals surface area contributed by atoms with Gasteiger partial charge in [-0.1, -0.05) is 73.1 Å². The van der Waals surface area contributed by atoms with Gasteiger partial charge in [-0.15, -0.1) is 0 Å². The Morgan fingerprint density at radius 1 is 1.18 bits per heavy atom. The Kier molecular flexibility index (Phi) is 7.24. The number of nitrogens with zero attached hydrogens (tertiary/aromatic N) is 3. The molecule has 1 saturated carbocycles. The van der Waals surface area contributed by atoms with Crippen molar-refractivity contribution in [1.29, 1.82) is 5.26 Å². The third-order valence-corrected chi connectivity index (χ3v) is 7.95. The number of thioether (sulfide) groups is 1. The highest BCUT2D eigenvalue weighted by atomic mass is 32.2. The molecule has 0 radical (unpaired) electrons. The normalized spacial score (nSPS) is 17.9. The molecule has 6 nitrogen and oxygen atoms in total. The number of carbonyl (C=O) groups excluding carboxylic acids is 1. The van der Waals surface area contributed by atoms with Gasteiger partial charge in [0, 0.05) is 25.2 Å². The van der Waals surface area contributed by atoms with Crippen LogP contribution in [0.5, 0.6) is 0 Å². The van der Waals surface area contributed by atoms with Crippen molar-refractivity contribution in [3.05, 3.63) is 67.3 Å². The van der Waals surface area contributed by atoms with Gasteiger partial charge in [-0.3, -0.25) is 19.1 Å². The molecule has 0 unspecified atom stereocenters. The van der Waals surface area contributed by atoms with Crippen LogP contribution in [0.15, 0.2) is 34.0 Å². The molecule has 1 aliphatic heterocycles. The van der Waals surface area contributed by atoms with Crippen LogP contribution >= 0.6 is 24.0 Å². The van der Waals surface area contributed by atoms with E-state index in [1.54, 1.807) is 24.9 Å². The summed E-state index contributed by atoms with van der Waals surface area (Å²) < 4.78 is 2.04. The molecular formula is C26H28N4O2S2. The molecule has 1 saturated heterocycles. The Hall–Kier alpha value is -2.89. The molecule has 0 bridgehead atoms. The molecule has 2 heterocycles. The van der Waals surface area contributed by atoms with Crippen LogP contribution in [0.2, 0.25) is 0 Å². The maximum atomic E-state index is 13.4. The summed E-state index contributed by atoms with van der Waals surface area (Å²) in [7, 11) is 1.64. The quantitative estimate of drug-likeness (QED) is 0.466. The van der Waals surface area contributed by atoms with Gasteiger partial charge in [0.2, 0.25) is 0 Å². The maximum absolute atomic E-state index is 13.4. The van der Waals surface area contributed by atoms with E-state index in [1.807, 2.05) is 37.3 Å². The lowest BCUT2D eigenvalue weighted by Crippen LogP contribution is -2.39. The minimum atomic E-state index is -0.363. The maximum Gasteiger partial charge on any atom is 0.270 e. The fourth-order valence-corrected chi connectivity index (χ4v) is 5.98. The van der Waals surface area contributed by atoms with E-state index < -0.39 is 0 Å². The predicted octanol–water partition coefficient (Wildman–Crippen LogP) is 5.02. The lowest BCUT2D eigenvalue weighted by atomic mass is 9.94. The second-order valence-electron chi connectivity index (χ2n) is 8.92. The number of carbonyl (C=O) groups is 1. The Morgan fingerprint density at radius 2 is 1.85 bits per heavy atom. The highest BCUT2D eigenvalue weighted by Crippen LogP contribution is 2.38. The number of rotatable bonds is 5. The van der Waals surface area contributed by atoms with Crippen molar-refractivity contribution in [2.24, 2.45) is 7.05 Å². The van der Waals surface area contributed by atoms with E-state index in [9.17, 15) is 14.9 Å². The van der Waals surface area contributed by atoms with Crippen LogP contribution in [0.4, 0.5) is 5.82 Å². The van der Waals surface area contributed by atoms with Crippen LogP contribution in [-0.4, -0.2) is 25.7 Å². The molecule has 8 heteroatoms. The van der Waals surface area contributed by atoms with Crippen LogP contribution in [0.3, 0.4) is 0 Å². The standard InChI is InChI=1S/C26H28N4O2S2/c1-16-9-11-18(12-10-16)15-28-23-20(17(2)21(14-27)24(31)29(23)3)13-22-25(32)30(26(33)34-22)19-7-5-4-6-8-19/h9-13,19,28H,4-8,15H2,1-3H3/b22-13-. The van der Waals surface area contributed by atoms with Gasteiger partial charge >= 0.3 is 0 Å². The second-order valence-corrected chi connectivity index (χ2v) is 10.6. The highest BCUT2D eigenvalue weighted by Gasteiger charge is 2.37. The monoisotopic (exact) mass is 492 g/mol. The topological polar surface area (TPSA) is 78.1 Å². The van der Waals surface area contributed by atoms with Crippen LogP contribution in [0, 0.1) is 25.2 Å². The van der Waals surface area contributed by atoms with Crippen LogP contribution in [0.25, 0.3) is 6.08 Å². The van der Waals surface area contributed by atoms with E-state index >= 15 is 0 Å². The van der Waals surface area contributed by atoms with Crippen LogP contribution in [-0.2, 0) is 18.4 Å². The van der Waals surface area contributed by atoms with Gasteiger partial charge in [0.05, 0.1) is 4.91 Å². The molecule has 1 aromatic carbocycles. The van der Waals surface area contributed by atoms with Gasteiger partial charge in [0.1, 0.15) is 21.8 Å². The van der Waals surface area contributed by atoms with Crippen LogP contribution in [0.1, 0.15) is 59.9 Å². The molecule has 34 heavy (non-hydrogen) atoms. The SMILES string of the molecule is Cc1ccc(CNc2c(/C=C3\SC(=S)N(C4CCCCC4)C3=O)c(C)c(C#N)c(=O)n2C)cc1. The lowest BCUT2D eigenvalue weighted by Gasteiger charge is -2.29. The second kappa shape index (κ2) is 10.2. The molecule has 2 aromatic rings. The Balaban J connectivity index is 1.73. The zero-order chi connectivity index (χ0) is 24.4. The summed E-state index contributed by atoms with van der Waals surface area (Å²) in [6.45, 7) is 4.29. The van der Waals surface area contributed by atoms with Crippen molar-refractivity contribution in [2.75, 3.05) is 5.32 Å². The Labute approximate surface area is 209 Å². The number of amides is 1. The fourth-order valence-electron chi connectivity index (χ4n) is 4.60. The molecule has 2 fully saturated rings. The molecule has 0 atom stereocenters. The van der Waals surface area contributed by atoms with E-state index in [2.05, 4.69) is 5.32 Å². The summed E-state index contributed by atoms with van der Waals surface area (Å²) in [4.78, 5) is 28.5. The molecule has 2 aliphatic rings. The summed E-state index contributed by atoms with van der Waals surface area (Å²) in [5.41, 5.74) is 3.17. The van der Waals surface area contributed by atoms with Gasteiger partial charge in [-0.05, 0) is 43.9 Å². The van der Waals surface area contributed by atoms with Crippen molar-refractivity contribution in [1.82, 2.24) is 9.47 Å². The average Bonchev–Trinajstić information content (AvgIpc) is 3.11. The molecule has 0 spiro atoms. The number of hydrogen-bond acceptors (Lipinski definition) is 6. The van der Waals surface area contributed by atoms with Gasteiger partial charge in [0.15, 0.2) is 0 Å². The van der Waals surface area contributed by atoms with Crippen molar-refractivity contribution in [2.45, 2.75) is 58.5 Å². The van der Waals surface area contributed by atoms with Crippen LogP contribution < -0.4 is 10.9 Å². The van der Waals surface area contributed by atoms with E-state index in [0.29, 0.717) is 32.7 Å². The summed E-state index contributed by atoms with van der Waals surface area (Å²) in [5, 5.41) is 13.0. The summed E-state index contributed by atoms with van der Waals surface area (Å²) in [6.07, 6.45) is 7.15. The summed E-state index contributed by atoms with van der Waals surface area (Å²) >= 11 is 6.88. The first-order valence-electron chi connectivity index (χ1n) is 11.5. The van der Waals surface area contributed by atoms with Gasteiger partial charge in [-0.25, -0.2) is 0 Å². The first kappa shape index (κ1) is 24.2. The molecule has 176 valence electrons. The van der Waals surface area contributed by atoms with E-state index in [4.69, 9.17) is 12.2 Å². The number of thiocarbonyl (C=S) groups is 1. The summed E-state index contributed by atoms with van der Waals surface area (Å²) in [6, 6.07) is 10.3. The minimum absolute atomic E-state index is 0.0809. The number of aromatic nitrogens is 1. The molecule has 1 N–H and O–H groups in total. The number of hydrogen-bond donors (Lipinski definition) is 1. The van der Waals surface area contributed by atoms with E-state index in [-0.39, 0.29) is 23.1 Å². The van der Waals surface area contributed by atoms with E-state index in [1.165, 1.54) is 28.3 Å². The molecule has 1 aromatic heterocycles. The smallest absolute Gasteiger partial charge is 0.270 e. The van der Waals surface area contributed by atoms with E-state index in [0.717, 1.165) is 31.2 Å². The number of aryl methyl sites for hydroxylation is 1. The summed E-state index contributed by atoms with van der Waals surface area (Å²) in [5.74, 6) is 0.489. The molecule has 1 amide bonds. The van der Waals surface area contributed by atoms with Crippen molar-refractivity contribution in [3.63, 3.8) is 0 Å². The first-order chi connectivity index (χ1) is 16.3. The van der Waals surface area contributed by atoms with Crippen molar-refractivity contribution in [3.8, 4) is 6.07 Å². The first-order valence-corrected chi connectivity index (χ1v) is 12.7. The third-order valence-electron chi connectivity index (χ3n) is 6.62. The fraction of sp³-hybridized carbons (Fsp3) is 0.385. The number of nitrogens with one attached hydrogen (secondary N) is 1. The highest BCUT2D eigenvalue weighted by molar-refractivity contribution is 8.26. The van der Waals surface area contributed by atoms with Gasteiger partial charge in [-0.2, -0.15) is 5.26 Å². The molecular weight excluding hydrogens is 464 g/mol. The van der Waals surface area contributed by atoms with Crippen molar-refractivity contribution < 1.29 is 4.79 Å². The molecule has 1 aliphatic carbocycles. The Morgan fingerprint density at radius 3 is 2.50 bits per heavy atom. The number of pyridine rings is 1. The number of nitriles is 1. The third kappa shape index (κ3) is 4.68. The van der Waals surface area contributed by atoms with Crippen molar-refractivity contribution >= 4 is 46.1 Å². The predicted molar refractivity (Wildman–Crippen MR) is 142 cm³/mol. The lowest BCUT2D eigenvalue weighted by molar-refractivity contribution is -0.124. The average molecular weight is 493 g/mol. The minimum Gasteiger partial charge on any atom is -0.367 e. The largest absolute Gasteiger partial charge is 0.367 e. The number of benzene rings is 1. The van der Waals surface area contributed by atoms with Gasteiger partial charge < -0.3 is 5.32 Å². The van der Waals surface area contributed by atoms with Gasteiger partial charge in [0.25, 0.3) is 11.5 Å². The Bertz CT molecular complexity index is 1270. The zero-order valence-corrected chi connectivity index (χ0v) is 21.3.